The highest BCUT2D eigenvalue weighted by atomic mass is 16.2. The van der Waals surface area contributed by atoms with Gasteiger partial charge in [-0.05, 0) is 69.4 Å². The molecule has 0 saturated heterocycles. The zero-order valence-electron chi connectivity index (χ0n) is 20.0. The topological polar surface area (TPSA) is 127 Å². The van der Waals surface area contributed by atoms with E-state index in [4.69, 9.17) is 0 Å². The number of amides is 2. The Bertz CT molecular complexity index is 1250. The van der Waals surface area contributed by atoms with Crippen LogP contribution in [0.5, 0.6) is 0 Å². The Balaban J connectivity index is 1.33. The average Bonchev–Trinajstić information content (AvgIpc) is 3.75. The lowest BCUT2D eigenvalue weighted by Gasteiger charge is -2.27. The number of hydrogen-bond donors (Lipinski definition) is 3. The van der Waals surface area contributed by atoms with Crippen LogP contribution in [0.1, 0.15) is 61.6 Å². The van der Waals surface area contributed by atoms with Crippen molar-refractivity contribution in [3.63, 3.8) is 0 Å². The first-order valence-electron chi connectivity index (χ1n) is 12.2. The Kier molecular flexibility index (Phi) is 6.27. The fraction of sp³-hybridized carbons (Fsp3) is 0.480. The van der Waals surface area contributed by atoms with Crippen LogP contribution in [-0.4, -0.2) is 42.4 Å². The molecule has 3 aromatic heterocycles. The zero-order chi connectivity index (χ0) is 24.5. The van der Waals surface area contributed by atoms with Gasteiger partial charge in [0.25, 0.3) is 11.5 Å². The molecule has 2 amide bonds. The lowest BCUT2D eigenvalue weighted by Crippen LogP contribution is -2.50. The summed E-state index contributed by atoms with van der Waals surface area (Å²) >= 11 is 0. The number of nitrogens with one attached hydrogen (secondary N) is 3. The van der Waals surface area contributed by atoms with Crippen LogP contribution in [0, 0.1) is 17.8 Å². The van der Waals surface area contributed by atoms with Crippen LogP contribution in [-0.2, 0) is 11.3 Å². The zero-order valence-corrected chi connectivity index (χ0v) is 20.0. The first-order valence-corrected chi connectivity index (χ1v) is 12.2. The molecule has 2 saturated carbocycles. The van der Waals surface area contributed by atoms with Gasteiger partial charge in [-0.2, -0.15) is 10.2 Å². The van der Waals surface area contributed by atoms with E-state index in [9.17, 15) is 14.4 Å². The molecule has 5 rings (SSSR count). The van der Waals surface area contributed by atoms with Crippen molar-refractivity contribution >= 4 is 17.5 Å². The van der Waals surface area contributed by atoms with E-state index in [1.165, 1.54) is 0 Å². The lowest BCUT2D eigenvalue weighted by atomic mass is 9.88. The van der Waals surface area contributed by atoms with Crippen molar-refractivity contribution in [2.75, 3.05) is 5.32 Å². The van der Waals surface area contributed by atoms with Crippen molar-refractivity contribution < 1.29 is 9.59 Å². The fourth-order valence-electron chi connectivity index (χ4n) is 4.84. The van der Waals surface area contributed by atoms with Crippen LogP contribution in [0.3, 0.4) is 0 Å². The molecule has 2 aliphatic carbocycles. The molecule has 1 atom stereocenters. The first kappa shape index (κ1) is 23.1. The Labute approximate surface area is 203 Å². The molecule has 3 N–H and O–H groups in total. The molecule has 3 heterocycles. The second kappa shape index (κ2) is 9.52. The van der Waals surface area contributed by atoms with Gasteiger partial charge in [0.2, 0.25) is 5.91 Å². The van der Waals surface area contributed by atoms with Gasteiger partial charge in [-0.25, -0.2) is 0 Å². The van der Waals surface area contributed by atoms with E-state index in [1.54, 1.807) is 52.4 Å². The maximum atomic E-state index is 13.5. The van der Waals surface area contributed by atoms with Crippen molar-refractivity contribution in [2.24, 2.45) is 17.8 Å². The van der Waals surface area contributed by atoms with Crippen LogP contribution >= 0.6 is 0 Å². The summed E-state index contributed by atoms with van der Waals surface area (Å²) in [5.74, 6) is 0.506. The molecule has 35 heavy (non-hydrogen) atoms. The van der Waals surface area contributed by atoms with E-state index in [2.05, 4.69) is 25.8 Å². The van der Waals surface area contributed by atoms with Gasteiger partial charge in [0, 0.05) is 30.2 Å². The summed E-state index contributed by atoms with van der Waals surface area (Å²) in [4.78, 5) is 41.4. The van der Waals surface area contributed by atoms with Crippen LogP contribution in [0.15, 0.2) is 47.8 Å². The molecule has 184 valence electrons. The number of anilines is 1. The Morgan fingerprint density at radius 2 is 1.89 bits per heavy atom. The second-order valence-corrected chi connectivity index (χ2v) is 9.90. The van der Waals surface area contributed by atoms with Crippen molar-refractivity contribution in [3.8, 4) is 0 Å². The van der Waals surface area contributed by atoms with E-state index < -0.39 is 6.04 Å². The third-order valence-corrected chi connectivity index (χ3v) is 6.81. The van der Waals surface area contributed by atoms with E-state index >= 15 is 0 Å². The molecule has 0 aliphatic heterocycles. The second-order valence-electron chi connectivity index (χ2n) is 9.90. The Morgan fingerprint density at radius 3 is 2.54 bits per heavy atom. The van der Waals surface area contributed by atoms with Crippen LogP contribution in [0.2, 0.25) is 0 Å². The van der Waals surface area contributed by atoms with Crippen molar-refractivity contribution in [2.45, 2.75) is 58.2 Å². The molecule has 0 spiro atoms. The molecular formula is C25H31N7O3. The quantitative estimate of drug-likeness (QED) is 0.414. The van der Waals surface area contributed by atoms with Crippen molar-refractivity contribution in [1.29, 1.82) is 0 Å². The predicted molar refractivity (Wildman–Crippen MR) is 130 cm³/mol. The van der Waals surface area contributed by atoms with Crippen LogP contribution < -0.4 is 16.2 Å². The SMILES string of the molecule is CC(C)n1nccc1C(=O)NC(C(=O)Nc1cnn(Cc2ccc[nH]c2=O)c1)C(C1CC1)C1CC1. The number of aromatic amines is 1. The predicted octanol–water partition coefficient (Wildman–Crippen LogP) is 2.57. The minimum Gasteiger partial charge on any atom is -0.339 e. The van der Waals surface area contributed by atoms with E-state index in [-0.39, 0.29) is 35.9 Å². The molecule has 10 nitrogen and oxygen atoms in total. The van der Waals surface area contributed by atoms with Crippen LogP contribution in [0.25, 0.3) is 0 Å². The molecule has 0 bridgehead atoms. The third-order valence-electron chi connectivity index (χ3n) is 6.81. The van der Waals surface area contributed by atoms with Gasteiger partial charge in [0.15, 0.2) is 0 Å². The highest BCUT2D eigenvalue weighted by Crippen LogP contribution is 2.50. The monoisotopic (exact) mass is 477 g/mol. The third kappa shape index (κ3) is 5.21. The summed E-state index contributed by atoms with van der Waals surface area (Å²) < 4.78 is 3.27. The molecular weight excluding hydrogens is 446 g/mol. The minimum absolute atomic E-state index is 0.0309. The maximum Gasteiger partial charge on any atom is 0.270 e. The standard InChI is InChI=1S/C25H31N7O3/c1-15(2)32-20(9-11-27-32)24(34)30-22(21(16-5-6-16)17-7-8-17)25(35)29-19-12-28-31(14-19)13-18-4-3-10-26-23(18)33/h3-4,9-12,14-17,21-22H,5-8,13H2,1-2H3,(H,26,33)(H,29,35)(H,30,34). The minimum atomic E-state index is -0.640. The smallest absolute Gasteiger partial charge is 0.270 e. The van der Waals surface area contributed by atoms with Gasteiger partial charge in [0.1, 0.15) is 11.7 Å². The highest BCUT2D eigenvalue weighted by molar-refractivity contribution is 6.00. The average molecular weight is 478 g/mol. The van der Waals surface area contributed by atoms with Gasteiger partial charge < -0.3 is 15.6 Å². The maximum absolute atomic E-state index is 13.5. The number of hydrogen-bond acceptors (Lipinski definition) is 5. The number of carbonyl (C=O) groups is 2. The molecule has 0 aromatic carbocycles. The van der Waals surface area contributed by atoms with Crippen LogP contribution in [0.4, 0.5) is 5.69 Å². The summed E-state index contributed by atoms with van der Waals surface area (Å²) in [7, 11) is 0. The molecule has 10 heteroatoms. The molecule has 1 unspecified atom stereocenters. The van der Waals surface area contributed by atoms with E-state index in [0.717, 1.165) is 25.7 Å². The molecule has 2 fully saturated rings. The number of nitrogens with zero attached hydrogens (tertiary/aromatic N) is 4. The number of carbonyl (C=O) groups excluding carboxylic acids is 2. The van der Waals surface area contributed by atoms with E-state index in [0.29, 0.717) is 28.8 Å². The summed E-state index contributed by atoms with van der Waals surface area (Å²) in [5, 5.41) is 14.5. The van der Waals surface area contributed by atoms with Gasteiger partial charge in [-0.1, -0.05) is 6.07 Å². The van der Waals surface area contributed by atoms with E-state index in [1.807, 2.05) is 13.8 Å². The summed E-state index contributed by atoms with van der Waals surface area (Å²) in [6.07, 6.45) is 10.8. The van der Waals surface area contributed by atoms with Crippen molar-refractivity contribution in [3.05, 3.63) is 64.6 Å². The number of H-pyrrole nitrogens is 1. The summed E-state index contributed by atoms with van der Waals surface area (Å²) in [5.41, 5.74) is 1.37. The largest absolute Gasteiger partial charge is 0.339 e. The molecule has 2 aliphatic rings. The van der Waals surface area contributed by atoms with Gasteiger partial charge in [-0.3, -0.25) is 23.7 Å². The lowest BCUT2D eigenvalue weighted by molar-refractivity contribution is -0.119. The summed E-state index contributed by atoms with van der Waals surface area (Å²) in [6.45, 7) is 4.22. The van der Waals surface area contributed by atoms with Gasteiger partial charge in [-0.15, -0.1) is 0 Å². The fourth-order valence-corrected chi connectivity index (χ4v) is 4.84. The first-order chi connectivity index (χ1) is 16.9. The Hall–Kier alpha value is -3.69. The molecule has 3 aromatic rings. The van der Waals surface area contributed by atoms with Gasteiger partial charge in [0.05, 0.1) is 18.4 Å². The normalized spacial score (nSPS) is 16.5. The highest BCUT2D eigenvalue weighted by Gasteiger charge is 2.48. The van der Waals surface area contributed by atoms with Gasteiger partial charge >= 0.3 is 0 Å². The number of rotatable bonds is 10. The number of aromatic nitrogens is 5. The summed E-state index contributed by atoms with van der Waals surface area (Å²) in [6, 6.07) is 4.57. The Morgan fingerprint density at radius 1 is 1.14 bits per heavy atom. The van der Waals surface area contributed by atoms with Crippen molar-refractivity contribution in [1.82, 2.24) is 29.9 Å². The molecule has 0 radical (unpaired) electrons. The number of pyridine rings is 1.